The van der Waals surface area contributed by atoms with E-state index in [1.54, 1.807) is 0 Å². The van der Waals surface area contributed by atoms with Crippen molar-refractivity contribution >= 4 is 60.4 Å². The molecule has 1 unspecified atom stereocenters. The van der Waals surface area contributed by atoms with Gasteiger partial charge in [-0.3, -0.25) is 0 Å². The van der Waals surface area contributed by atoms with E-state index in [0.717, 1.165) is 39.4 Å². The van der Waals surface area contributed by atoms with Crippen LogP contribution in [0.25, 0.3) is 93.5 Å². The molecule has 15 rings (SSSR count). The van der Waals surface area contributed by atoms with E-state index >= 15 is 0 Å². The molecular formula is C69H44N2. The van der Waals surface area contributed by atoms with E-state index in [1.807, 2.05) is 0 Å². The van der Waals surface area contributed by atoms with Crippen LogP contribution in [0.1, 0.15) is 22.3 Å². The van der Waals surface area contributed by atoms with Gasteiger partial charge in [-0.1, -0.05) is 218 Å². The van der Waals surface area contributed by atoms with Gasteiger partial charge in [-0.2, -0.15) is 0 Å². The summed E-state index contributed by atoms with van der Waals surface area (Å²) in [6.07, 6.45) is 0. The Labute approximate surface area is 412 Å². The van der Waals surface area contributed by atoms with Crippen LogP contribution in [0.5, 0.6) is 0 Å². The fourth-order valence-electron chi connectivity index (χ4n) is 12.8. The number of hydrogen-bond donors (Lipinski definition) is 0. The van der Waals surface area contributed by atoms with Gasteiger partial charge < -0.3 is 9.47 Å². The molecule has 0 bridgehead atoms. The predicted molar refractivity (Wildman–Crippen MR) is 298 cm³/mol. The molecule has 13 aromatic rings. The Morgan fingerprint density at radius 1 is 0.296 bits per heavy atom. The van der Waals surface area contributed by atoms with Crippen LogP contribution in [0.3, 0.4) is 0 Å². The highest BCUT2D eigenvalue weighted by Crippen LogP contribution is 2.65. The van der Waals surface area contributed by atoms with Gasteiger partial charge in [0.1, 0.15) is 0 Å². The third-order valence-corrected chi connectivity index (χ3v) is 15.6. The van der Waals surface area contributed by atoms with Crippen molar-refractivity contribution < 1.29 is 0 Å². The molecule has 0 radical (unpaired) electrons. The number of aromatic nitrogens is 1. The van der Waals surface area contributed by atoms with Gasteiger partial charge >= 0.3 is 0 Å². The summed E-state index contributed by atoms with van der Waals surface area (Å²) in [5.41, 5.74) is 21.3. The molecule has 0 amide bonds. The molecule has 2 aliphatic carbocycles. The molecule has 2 nitrogen and oxygen atoms in total. The summed E-state index contributed by atoms with van der Waals surface area (Å²) in [6.45, 7) is 0. The average Bonchev–Trinajstić information content (AvgIpc) is 3.95. The van der Waals surface area contributed by atoms with E-state index in [0.29, 0.717) is 0 Å². The first-order chi connectivity index (χ1) is 35.3. The zero-order chi connectivity index (χ0) is 46.6. The monoisotopic (exact) mass is 900 g/mol. The first kappa shape index (κ1) is 39.7. The second kappa shape index (κ2) is 15.4. The Bertz CT molecular complexity index is 4290. The van der Waals surface area contributed by atoms with Crippen molar-refractivity contribution in [1.82, 2.24) is 4.57 Å². The van der Waals surface area contributed by atoms with Crippen molar-refractivity contribution in [2.45, 2.75) is 5.41 Å². The zero-order valence-corrected chi connectivity index (χ0v) is 38.8. The predicted octanol–water partition coefficient (Wildman–Crippen LogP) is 18.2. The van der Waals surface area contributed by atoms with E-state index in [9.17, 15) is 0 Å². The normalized spacial score (nSPS) is 14.3. The fourth-order valence-corrected chi connectivity index (χ4v) is 12.8. The quantitative estimate of drug-likeness (QED) is 0.161. The number of anilines is 3. The van der Waals surface area contributed by atoms with Crippen LogP contribution < -0.4 is 4.90 Å². The van der Waals surface area contributed by atoms with Crippen molar-refractivity contribution in [3.05, 3.63) is 289 Å². The third kappa shape index (κ3) is 5.59. The standard InChI is InChI=1S/C69H44N2/c1-3-20-45(21-4-1)50-27-10-14-36-61(50)71(62-37-15-11-28-51(62)48-41-43-64-56(44-48)53-30-12-16-38-63(53)70(64)49-25-5-2-6-26-49)65-39-19-35-59-68(65)54-31-9-13-33-57(54)69(59)58-34-18-24-47-23-17-32-55(66(47)58)67-52-29-8-7-22-46(52)40-42-60(67)69/h1-44H. The summed E-state index contributed by atoms with van der Waals surface area (Å²) in [6, 6.07) is 99.4. The van der Waals surface area contributed by atoms with Gasteiger partial charge in [-0.15, -0.1) is 0 Å². The molecule has 71 heavy (non-hydrogen) atoms. The van der Waals surface area contributed by atoms with Crippen molar-refractivity contribution in [3.63, 3.8) is 0 Å². The van der Waals surface area contributed by atoms with E-state index in [1.165, 1.54) is 93.4 Å². The first-order valence-corrected chi connectivity index (χ1v) is 24.7. The van der Waals surface area contributed by atoms with Gasteiger partial charge in [0.2, 0.25) is 0 Å². The zero-order valence-electron chi connectivity index (χ0n) is 38.8. The van der Waals surface area contributed by atoms with E-state index in [-0.39, 0.29) is 0 Å². The smallest absolute Gasteiger partial charge is 0.0726 e. The maximum atomic E-state index is 2.57. The van der Waals surface area contributed by atoms with E-state index in [4.69, 9.17) is 0 Å². The summed E-state index contributed by atoms with van der Waals surface area (Å²) in [5, 5.41) is 7.58. The Kier molecular flexibility index (Phi) is 8.61. The minimum absolute atomic E-state index is 0.600. The molecule has 1 atom stereocenters. The van der Waals surface area contributed by atoms with Gasteiger partial charge in [0, 0.05) is 33.2 Å². The van der Waals surface area contributed by atoms with Gasteiger partial charge in [-0.05, 0) is 120 Å². The highest BCUT2D eigenvalue weighted by molar-refractivity contribution is 6.15. The summed E-state index contributed by atoms with van der Waals surface area (Å²) in [4.78, 5) is 2.57. The molecule has 0 aliphatic heterocycles. The molecule has 1 heterocycles. The highest BCUT2D eigenvalue weighted by Gasteiger charge is 2.51. The lowest BCUT2D eigenvalue weighted by Gasteiger charge is -2.40. The van der Waals surface area contributed by atoms with Crippen LogP contribution in [0.15, 0.2) is 267 Å². The van der Waals surface area contributed by atoms with Crippen molar-refractivity contribution in [2.24, 2.45) is 0 Å². The van der Waals surface area contributed by atoms with Crippen molar-refractivity contribution in [3.8, 4) is 50.2 Å². The summed E-state index contributed by atoms with van der Waals surface area (Å²) >= 11 is 0. The average molecular weight is 901 g/mol. The molecule has 1 aromatic heterocycles. The number of rotatable bonds is 6. The molecule has 0 fully saturated rings. The Hall–Kier alpha value is -9.24. The van der Waals surface area contributed by atoms with Crippen molar-refractivity contribution in [2.75, 3.05) is 4.90 Å². The summed E-state index contributed by atoms with van der Waals surface area (Å²) < 4.78 is 2.40. The summed E-state index contributed by atoms with van der Waals surface area (Å²) in [7, 11) is 0. The van der Waals surface area contributed by atoms with Crippen LogP contribution in [0, 0.1) is 0 Å². The molecule has 2 aliphatic rings. The number of nitrogens with zero attached hydrogens (tertiary/aromatic N) is 2. The molecule has 2 heteroatoms. The fraction of sp³-hybridized carbons (Fsp3) is 0.0145. The van der Waals surface area contributed by atoms with Gasteiger partial charge in [0.05, 0.1) is 33.5 Å². The molecule has 330 valence electrons. The van der Waals surface area contributed by atoms with Crippen LogP contribution in [-0.2, 0) is 5.41 Å². The summed E-state index contributed by atoms with van der Waals surface area (Å²) in [5.74, 6) is 0. The second-order valence-corrected chi connectivity index (χ2v) is 19.1. The topological polar surface area (TPSA) is 8.17 Å². The number of para-hydroxylation sites is 4. The molecular weight excluding hydrogens is 857 g/mol. The first-order valence-electron chi connectivity index (χ1n) is 24.7. The third-order valence-electron chi connectivity index (χ3n) is 15.6. The molecule has 12 aromatic carbocycles. The van der Waals surface area contributed by atoms with Gasteiger partial charge in [0.15, 0.2) is 0 Å². The molecule has 0 saturated heterocycles. The lowest BCUT2D eigenvalue weighted by atomic mass is 9.61. The maximum absolute atomic E-state index is 2.57. The minimum Gasteiger partial charge on any atom is -0.309 e. The lowest BCUT2D eigenvalue weighted by Crippen LogP contribution is -2.32. The second-order valence-electron chi connectivity index (χ2n) is 19.1. The Balaban J connectivity index is 1.04. The van der Waals surface area contributed by atoms with E-state index < -0.39 is 5.41 Å². The Morgan fingerprint density at radius 3 is 1.66 bits per heavy atom. The number of hydrogen-bond acceptors (Lipinski definition) is 1. The minimum atomic E-state index is -0.600. The van der Waals surface area contributed by atoms with Crippen LogP contribution >= 0.6 is 0 Å². The lowest BCUT2D eigenvalue weighted by molar-refractivity contribution is 0.775. The Morgan fingerprint density at radius 2 is 0.845 bits per heavy atom. The van der Waals surface area contributed by atoms with Crippen LogP contribution in [0.4, 0.5) is 17.1 Å². The van der Waals surface area contributed by atoms with Crippen molar-refractivity contribution in [1.29, 1.82) is 0 Å². The van der Waals surface area contributed by atoms with Gasteiger partial charge in [-0.25, -0.2) is 0 Å². The SMILES string of the molecule is c1ccc(-c2ccccc2N(c2ccccc2-c2ccc3c(c2)c2ccccc2n3-c2ccccc2)c2cccc3c2-c2ccccc2C32c3ccc4ccccc4c3-c3cccc4cccc2c34)cc1. The van der Waals surface area contributed by atoms with Crippen LogP contribution in [0.2, 0.25) is 0 Å². The molecule has 1 spiro atoms. The van der Waals surface area contributed by atoms with Crippen LogP contribution in [-0.4, -0.2) is 4.57 Å². The maximum Gasteiger partial charge on any atom is 0.0726 e. The molecule has 0 N–H and O–H groups in total. The van der Waals surface area contributed by atoms with E-state index in [2.05, 4.69) is 276 Å². The highest BCUT2D eigenvalue weighted by atomic mass is 15.2. The molecule has 0 saturated carbocycles. The largest absolute Gasteiger partial charge is 0.309 e. The number of benzene rings is 12. The number of fused-ring (bicyclic) bond motifs is 14. The van der Waals surface area contributed by atoms with Gasteiger partial charge in [0.25, 0.3) is 0 Å².